The molecule has 7 aromatic rings. The second-order valence-corrected chi connectivity index (χ2v) is 20.5. The van der Waals surface area contributed by atoms with Gasteiger partial charge < -0.3 is 39.0 Å². The summed E-state index contributed by atoms with van der Waals surface area (Å²) in [5, 5.41) is 21.4. The lowest BCUT2D eigenvalue weighted by Crippen LogP contribution is -2.58. The molecule has 0 unspecified atom stereocenters. The monoisotopic (exact) mass is 1080 g/mol. The van der Waals surface area contributed by atoms with Gasteiger partial charge in [0, 0.05) is 18.7 Å². The smallest absolute Gasteiger partial charge is 0.329 e. The van der Waals surface area contributed by atoms with Crippen LogP contribution < -0.4 is 24.4 Å². The molecule has 2 N–H and O–H groups in total. The molecule has 4 aliphatic heterocycles. The van der Waals surface area contributed by atoms with Crippen LogP contribution in [0.15, 0.2) is 140 Å². The number of nitrogens with one attached hydrogen (secondary N) is 1. The highest BCUT2D eigenvalue weighted by atomic mass is 16.6. The summed E-state index contributed by atoms with van der Waals surface area (Å²) in [4.78, 5) is 83.2. The maximum Gasteiger partial charge on any atom is 0.329 e. The number of imide groups is 1. The fraction of sp³-hybridized carbons (Fsp3) is 0.306. The second kappa shape index (κ2) is 22.0. The van der Waals surface area contributed by atoms with Crippen LogP contribution in [0.3, 0.4) is 0 Å². The molecule has 4 amide bonds. The highest BCUT2D eigenvalue weighted by molar-refractivity contribution is 6.25. The molecule has 2 fully saturated rings. The molecule has 2 saturated heterocycles. The first-order chi connectivity index (χ1) is 38.9. The van der Waals surface area contributed by atoms with Gasteiger partial charge in [0.2, 0.25) is 11.8 Å². The van der Waals surface area contributed by atoms with Crippen molar-refractivity contribution < 1.29 is 52.8 Å². The standard InChI is InChI=1S/C62H59N7O11/c1-37(2)52(58(72)78-5)63-61(75)68-47-26-25-38(16-15-28-67-48-24-13-12-23-46(48)64-65-67)32-45(47)62(60(68)74)51(57(71)66-29-27-41-34-49(76-3)50(77-4)35-43(41)36-66)54-59(73)80-55(40-19-10-7-11-20-40)53(39-17-8-6-9-18-39)69(54)56(62)42-21-14-22-44(33-42)79-31-30-70/h6-14,17-26,32-35,37,51-56,70H,27-31,36H2,1-5H3,(H,63,75)/t51-,52+,53-,54-,55+,56+,62-/m1/s1. The lowest BCUT2D eigenvalue weighted by atomic mass is 9.64. The van der Waals surface area contributed by atoms with E-state index in [1.807, 2.05) is 108 Å². The number of para-hydroxylation sites is 1. The molecule has 408 valence electrons. The van der Waals surface area contributed by atoms with Crippen LogP contribution in [0, 0.1) is 23.7 Å². The molecule has 5 heterocycles. The van der Waals surface area contributed by atoms with Crippen LogP contribution in [0.25, 0.3) is 11.0 Å². The van der Waals surface area contributed by atoms with E-state index in [1.54, 1.807) is 66.9 Å². The summed E-state index contributed by atoms with van der Waals surface area (Å²) in [7, 11) is 4.31. The number of cyclic esters (lactones) is 1. The summed E-state index contributed by atoms with van der Waals surface area (Å²) in [6.45, 7) is 3.51. The number of anilines is 1. The van der Waals surface area contributed by atoms with Gasteiger partial charge in [0.05, 0.1) is 57.1 Å². The third-order valence-electron chi connectivity index (χ3n) is 15.8. The normalized spacial score (nSPS) is 21.5. The number of benzene rings is 6. The minimum Gasteiger partial charge on any atom is -0.493 e. The molecule has 6 aromatic carbocycles. The molecule has 11 rings (SSSR count). The van der Waals surface area contributed by atoms with Gasteiger partial charge in [0.15, 0.2) is 11.5 Å². The van der Waals surface area contributed by atoms with E-state index in [0.29, 0.717) is 51.4 Å². The third-order valence-corrected chi connectivity index (χ3v) is 15.8. The summed E-state index contributed by atoms with van der Waals surface area (Å²) in [5.74, 6) is 2.85. The Morgan fingerprint density at radius 2 is 1.51 bits per heavy atom. The molecule has 0 aliphatic carbocycles. The van der Waals surface area contributed by atoms with E-state index in [-0.39, 0.29) is 44.1 Å². The number of hydrogen-bond acceptors (Lipinski definition) is 14. The van der Waals surface area contributed by atoms with E-state index in [2.05, 4.69) is 27.5 Å². The summed E-state index contributed by atoms with van der Waals surface area (Å²) in [6.07, 6.45) is -0.596. The first-order valence-corrected chi connectivity index (χ1v) is 26.5. The first-order valence-electron chi connectivity index (χ1n) is 26.5. The number of carbonyl (C=O) groups is 5. The molecule has 18 nitrogen and oxygen atoms in total. The maximum absolute atomic E-state index is 17.1. The number of aliphatic hydroxyl groups is 1. The number of rotatable bonds is 13. The zero-order valence-corrected chi connectivity index (χ0v) is 44.8. The van der Waals surface area contributed by atoms with Crippen molar-refractivity contribution in [2.45, 2.75) is 69.0 Å². The fourth-order valence-corrected chi connectivity index (χ4v) is 12.2. The number of methoxy groups -OCH3 is 3. The summed E-state index contributed by atoms with van der Waals surface area (Å²) >= 11 is 0. The van der Waals surface area contributed by atoms with Gasteiger partial charge in [-0.1, -0.05) is 116 Å². The van der Waals surface area contributed by atoms with Gasteiger partial charge in [-0.3, -0.25) is 19.3 Å². The number of nitrogens with zero attached hydrogens (tertiary/aromatic N) is 6. The molecular weight excluding hydrogens is 1020 g/mol. The van der Waals surface area contributed by atoms with Gasteiger partial charge in [-0.05, 0) is 100 Å². The lowest BCUT2D eigenvalue weighted by molar-refractivity contribution is -0.179. The van der Waals surface area contributed by atoms with Crippen molar-refractivity contribution in [3.63, 3.8) is 0 Å². The minimum absolute atomic E-state index is 0.0613. The van der Waals surface area contributed by atoms with Crippen LogP contribution in [0.1, 0.15) is 71.0 Å². The van der Waals surface area contributed by atoms with E-state index in [0.717, 1.165) is 21.5 Å². The van der Waals surface area contributed by atoms with E-state index in [1.165, 1.54) is 14.2 Å². The average molecular weight is 1080 g/mol. The number of aliphatic hydroxyl groups excluding tert-OH is 1. The number of morpholine rings is 1. The zero-order valence-electron chi connectivity index (χ0n) is 44.8. The highest BCUT2D eigenvalue weighted by Crippen LogP contribution is 2.66. The Balaban J connectivity index is 1.19. The second-order valence-electron chi connectivity index (χ2n) is 20.5. The van der Waals surface area contributed by atoms with Crippen molar-refractivity contribution in [2.75, 3.05) is 46.0 Å². The molecule has 1 aromatic heterocycles. The number of carbonyl (C=O) groups excluding carboxylic acids is 5. The van der Waals surface area contributed by atoms with Gasteiger partial charge in [-0.25, -0.2) is 19.2 Å². The molecule has 0 radical (unpaired) electrons. The highest BCUT2D eigenvalue weighted by Gasteiger charge is 2.76. The third kappa shape index (κ3) is 9.11. The molecule has 7 atom stereocenters. The molecule has 4 aliphatic rings. The first kappa shape index (κ1) is 53.0. The topological polar surface area (TPSA) is 204 Å². The minimum atomic E-state index is -2.17. The number of ether oxygens (including phenoxy) is 5. The van der Waals surface area contributed by atoms with E-state index >= 15 is 19.2 Å². The van der Waals surface area contributed by atoms with Crippen molar-refractivity contribution >= 4 is 46.5 Å². The van der Waals surface area contributed by atoms with Gasteiger partial charge in [0.1, 0.15) is 48.0 Å². The predicted octanol–water partition coefficient (Wildman–Crippen LogP) is 7.03. The summed E-state index contributed by atoms with van der Waals surface area (Å²) in [6, 6.07) is 36.3. The van der Waals surface area contributed by atoms with Gasteiger partial charge in [-0.2, -0.15) is 0 Å². The Labute approximate surface area is 462 Å². The van der Waals surface area contributed by atoms with Crippen LogP contribution in [-0.4, -0.2) is 113 Å². The Morgan fingerprint density at radius 1 is 0.812 bits per heavy atom. The number of hydrogen-bond donors (Lipinski definition) is 2. The number of fused-ring (bicyclic) bond motifs is 5. The van der Waals surface area contributed by atoms with E-state index < -0.39 is 77.3 Å². The Morgan fingerprint density at radius 3 is 2.23 bits per heavy atom. The van der Waals surface area contributed by atoms with Crippen molar-refractivity contribution in [1.82, 2.24) is 30.1 Å². The average Bonchev–Trinajstić information content (AvgIpc) is 3.51. The lowest BCUT2D eigenvalue weighted by Gasteiger charge is -2.46. The predicted molar refractivity (Wildman–Crippen MR) is 293 cm³/mol. The summed E-state index contributed by atoms with van der Waals surface area (Å²) in [5.41, 5.74) is 3.58. The van der Waals surface area contributed by atoms with Gasteiger partial charge in [0.25, 0.3) is 0 Å². The molecule has 0 bridgehead atoms. The van der Waals surface area contributed by atoms with Crippen LogP contribution in [0.5, 0.6) is 17.2 Å². The van der Waals surface area contributed by atoms with Crippen LogP contribution >= 0.6 is 0 Å². The number of aromatic nitrogens is 3. The SMILES string of the molecule is COC(=O)[C@@H](NC(=O)N1C(=O)[C@@]2(c3cc(C#CCn4nnc5ccccc54)ccc31)[C@H](c1cccc(OCCO)c1)N1[C@H](c3ccccc3)[C@H](c3ccccc3)OC(=O)[C@H]1[C@@H]2C(=O)N1CCc2cc(OC)c(OC)cc2C1)C(C)C. The van der Waals surface area contributed by atoms with Gasteiger partial charge >= 0.3 is 18.0 Å². The molecule has 0 saturated carbocycles. The largest absolute Gasteiger partial charge is 0.493 e. The van der Waals surface area contributed by atoms with Crippen molar-refractivity contribution in [3.05, 3.63) is 178 Å². The fourth-order valence-electron chi connectivity index (χ4n) is 12.2. The molecular formula is C62H59N7O11. The van der Waals surface area contributed by atoms with Crippen LogP contribution in [0.2, 0.25) is 0 Å². The number of urea groups is 1. The Kier molecular flexibility index (Phi) is 14.6. The van der Waals surface area contributed by atoms with E-state index in [9.17, 15) is 9.90 Å². The Bertz CT molecular complexity index is 3600. The maximum atomic E-state index is 17.1. The molecule has 18 heteroatoms. The zero-order chi connectivity index (χ0) is 55.8. The van der Waals surface area contributed by atoms with Crippen LogP contribution in [-0.2, 0) is 53.6 Å². The van der Waals surface area contributed by atoms with Crippen molar-refractivity contribution in [1.29, 1.82) is 0 Å². The van der Waals surface area contributed by atoms with Crippen LogP contribution in [0.4, 0.5) is 10.5 Å². The summed E-state index contributed by atoms with van der Waals surface area (Å²) < 4.78 is 31.0. The van der Waals surface area contributed by atoms with Gasteiger partial charge in [-0.15, -0.1) is 5.10 Å². The quantitative estimate of drug-likeness (QED) is 0.0880. The molecule has 80 heavy (non-hydrogen) atoms. The van der Waals surface area contributed by atoms with Crippen molar-refractivity contribution in [3.8, 4) is 29.1 Å². The van der Waals surface area contributed by atoms with Crippen molar-refractivity contribution in [2.24, 2.45) is 11.8 Å². The van der Waals surface area contributed by atoms with E-state index in [4.69, 9.17) is 23.7 Å². The molecule has 1 spiro atoms. The number of esters is 2. The Hall–Kier alpha value is -9.05. The number of amides is 4.